The van der Waals surface area contributed by atoms with E-state index in [4.69, 9.17) is 0 Å². The molecule has 0 radical (unpaired) electrons. The Morgan fingerprint density at radius 3 is 2.87 bits per heavy atom. The van der Waals surface area contributed by atoms with E-state index >= 15 is 0 Å². The van der Waals surface area contributed by atoms with Gasteiger partial charge in [-0.05, 0) is 64.0 Å². The second-order valence-electron chi connectivity index (χ2n) is 6.64. The fraction of sp³-hybridized carbons (Fsp3) is 0.833. The summed E-state index contributed by atoms with van der Waals surface area (Å²) in [5, 5.41) is 6.98. The van der Waals surface area contributed by atoms with Crippen molar-refractivity contribution in [2.75, 3.05) is 39.8 Å². The molecule has 2 aliphatic rings. The molecule has 4 nitrogen and oxygen atoms in total. The SMILES string of the molecule is CCN1CCCC(CNC(=NC)NCCC2=CCCCC2)C1.I. The Kier molecular flexibility index (Phi) is 10.9. The molecule has 2 rings (SSSR count). The molecule has 0 aromatic heterocycles. The molecule has 0 saturated carbocycles. The third-order valence-corrected chi connectivity index (χ3v) is 4.96. The van der Waals surface area contributed by atoms with Crippen LogP contribution in [0.3, 0.4) is 0 Å². The first kappa shape index (κ1) is 20.7. The number of aliphatic imine (C=N–C) groups is 1. The zero-order valence-corrected chi connectivity index (χ0v) is 17.3. The van der Waals surface area contributed by atoms with E-state index in [2.05, 4.69) is 33.5 Å². The van der Waals surface area contributed by atoms with Crippen molar-refractivity contribution in [1.82, 2.24) is 15.5 Å². The van der Waals surface area contributed by atoms with E-state index in [0.29, 0.717) is 0 Å². The van der Waals surface area contributed by atoms with Crippen LogP contribution in [-0.4, -0.2) is 50.6 Å². The minimum absolute atomic E-state index is 0. The van der Waals surface area contributed by atoms with Crippen molar-refractivity contribution in [3.05, 3.63) is 11.6 Å². The van der Waals surface area contributed by atoms with E-state index in [0.717, 1.165) is 31.4 Å². The Bertz CT molecular complexity index is 381. The van der Waals surface area contributed by atoms with E-state index < -0.39 is 0 Å². The van der Waals surface area contributed by atoms with E-state index in [9.17, 15) is 0 Å². The van der Waals surface area contributed by atoms with Crippen LogP contribution in [0.4, 0.5) is 0 Å². The van der Waals surface area contributed by atoms with Crippen LogP contribution in [0.5, 0.6) is 0 Å². The Morgan fingerprint density at radius 1 is 1.30 bits per heavy atom. The lowest BCUT2D eigenvalue weighted by atomic mass is 9.97. The summed E-state index contributed by atoms with van der Waals surface area (Å²) in [6.07, 6.45) is 11.6. The Balaban J connectivity index is 0.00000264. The molecule has 1 aliphatic carbocycles. The monoisotopic (exact) mass is 434 g/mol. The van der Waals surface area contributed by atoms with Crippen LogP contribution in [0.25, 0.3) is 0 Å². The van der Waals surface area contributed by atoms with Gasteiger partial charge in [-0.2, -0.15) is 0 Å². The zero-order valence-electron chi connectivity index (χ0n) is 14.9. The summed E-state index contributed by atoms with van der Waals surface area (Å²) in [6.45, 7) is 7.98. The first-order chi connectivity index (χ1) is 10.8. The van der Waals surface area contributed by atoms with Gasteiger partial charge in [0.1, 0.15) is 0 Å². The highest BCUT2D eigenvalue weighted by molar-refractivity contribution is 14.0. The molecule has 1 atom stereocenters. The van der Waals surface area contributed by atoms with Gasteiger partial charge in [0.25, 0.3) is 0 Å². The maximum Gasteiger partial charge on any atom is 0.190 e. The van der Waals surface area contributed by atoms with Gasteiger partial charge in [0.15, 0.2) is 5.96 Å². The lowest BCUT2D eigenvalue weighted by Gasteiger charge is -2.32. The van der Waals surface area contributed by atoms with E-state index in [1.807, 2.05) is 7.05 Å². The van der Waals surface area contributed by atoms with Crippen molar-refractivity contribution < 1.29 is 0 Å². The molecule has 23 heavy (non-hydrogen) atoms. The largest absolute Gasteiger partial charge is 0.356 e. The molecule has 1 fully saturated rings. The van der Waals surface area contributed by atoms with Crippen molar-refractivity contribution in [3.8, 4) is 0 Å². The van der Waals surface area contributed by atoms with Gasteiger partial charge in [0.05, 0.1) is 0 Å². The first-order valence-corrected chi connectivity index (χ1v) is 9.16. The summed E-state index contributed by atoms with van der Waals surface area (Å²) in [6, 6.07) is 0. The predicted molar refractivity (Wildman–Crippen MR) is 111 cm³/mol. The molecule has 1 heterocycles. The van der Waals surface area contributed by atoms with Crippen LogP contribution in [0.2, 0.25) is 0 Å². The van der Waals surface area contributed by atoms with Gasteiger partial charge in [-0.15, -0.1) is 24.0 Å². The number of likely N-dealkylation sites (tertiary alicyclic amines) is 1. The van der Waals surface area contributed by atoms with Crippen molar-refractivity contribution in [2.45, 2.75) is 51.9 Å². The molecule has 0 spiro atoms. The van der Waals surface area contributed by atoms with E-state index in [1.165, 1.54) is 58.2 Å². The van der Waals surface area contributed by atoms with Gasteiger partial charge in [-0.3, -0.25) is 4.99 Å². The molecule has 0 aromatic rings. The van der Waals surface area contributed by atoms with Crippen LogP contribution in [0, 0.1) is 5.92 Å². The number of nitrogens with zero attached hydrogens (tertiary/aromatic N) is 2. The molecular weight excluding hydrogens is 399 g/mol. The third-order valence-electron chi connectivity index (χ3n) is 4.96. The average molecular weight is 434 g/mol. The maximum absolute atomic E-state index is 4.36. The van der Waals surface area contributed by atoms with Crippen LogP contribution in [0.15, 0.2) is 16.6 Å². The topological polar surface area (TPSA) is 39.7 Å². The maximum atomic E-state index is 4.36. The van der Waals surface area contributed by atoms with Crippen LogP contribution < -0.4 is 10.6 Å². The summed E-state index contributed by atoms with van der Waals surface area (Å²) in [4.78, 5) is 6.91. The van der Waals surface area contributed by atoms with Gasteiger partial charge >= 0.3 is 0 Å². The molecule has 1 aliphatic heterocycles. The van der Waals surface area contributed by atoms with Crippen molar-refractivity contribution >= 4 is 29.9 Å². The number of piperidine rings is 1. The lowest BCUT2D eigenvalue weighted by molar-refractivity contribution is 0.183. The number of rotatable bonds is 6. The first-order valence-electron chi connectivity index (χ1n) is 9.16. The smallest absolute Gasteiger partial charge is 0.190 e. The standard InChI is InChI=1S/C18H34N4.HI/c1-3-22-13-7-10-17(15-22)14-21-18(19-2)20-12-11-16-8-5-4-6-9-16;/h8,17H,3-7,9-15H2,1-2H3,(H2,19,20,21);1H. The molecule has 0 amide bonds. The summed E-state index contributed by atoms with van der Waals surface area (Å²) >= 11 is 0. The predicted octanol–water partition coefficient (Wildman–Crippen LogP) is 3.39. The number of nitrogens with one attached hydrogen (secondary N) is 2. The van der Waals surface area contributed by atoms with E-state index in [1.54, 1.807) is 5.57 Å². The van der Waals surface area contributed by atoms with Crippen molar-refractivity contribution in [2.24, 2.45) is 10.9 Å². The molecule has 1 unspecified atom stereocenters. The number of guanidine groups is 1. The van der Waals surface area contributed by atoms with E-state index in [-0.39, 0.29) is 24.0 Å². The molecule has 134 valence electrons. The minimum atomic E-state index is 0. The highest BCUT2D eigenvalue weighted by Crippen LogP contribution is 2.19. The number of halogens is 1. The molecule has 0 bridgehead atoms. The Hall–Kier alpha value is -0.300. The quantitative estimate of drug-likeness (QED) is 0.291. The summed E-state index contributed by atoms with van der Waals surface area (Å²) in [7, 11) is 1.87. The molecular formula is C18H35IN4. The lowest BCUT2D eigenvalue weighted by Crippen LogP contribution is -2.44. The normalized spacial score (nSPS) is 23.0. The van der Waals surface area contributed by atoms with Gasteiger partial charge < -0.3 is 15.5 Å². The fourth-order valence-corrected chi connectivity index (χ4v) is 3.54. The van der Waals surface area contributed by atoms with Crippen LogP contribution in [-0.2, 0) is 0 Å². The molecule has 1 saturated heterocycles. The summed E-state index contributed by atoms with van der Waals surface area (Å²) in [5.41, 5.74) is 1.63. The van der Waals surface area contributed by atoms with Crippen LogP contribution >= 0.6 is 24.0 Å². The minimum Gasteiger partial charge on any atom is -0.356 e. The number of hydrogen-bond acceptors (Lipinski definition) is 2. The Labute approximate surface area is 159 Å². The van der Waals surface area contributed by atoms with Gasteiger partial charge in [-0.25, -0.2) is 0 Å². The van der Waals surface area contributed by atoms with Gasteiger partial charge in [-0.1, -0.05) is 18.6 Å². The van der Waals surface area contributed by atoms with Gasteiger partial charge in [0, 0.05) is 26.7 Å². The molecule has 2 N–H and O–H groups in total. The number of allylic oxidation sites excluding steroid dienone is 1. The van der Waals surface area contributed by atoms with Gasteiger partial charge in [0.2, 0.25) is 0 Å². The van der Waals surface area contributed by atoms with Crippen molar-refractivity contribution in [1.29, 1.82) is 0 Å². The van der Waals surface area contributed by atoms with Crippen molar-refractivity contribution in [3.63, 3.8) is 0 Å². The fourth-order valence-electron chi connectivity index (χ4n) is 3.54. The molecule has 5 heteroatoms. The van der Waals surface area contributed by atoms with Crippen LogP contribution in [0.1, 0.15) is 51.9 Å². The second kappa shape index (κ2) is 12.1. The zero-order chi connectivity index (χ0) is 15.6. The summed E-state index contributed by atoms with van der Waals surface area (Å²) in [5.74, 6) is 1.72. The Morgan fingerprint density at radius 2 is 2.17 bits per heavy atom. The highest BCUT2D eigenvalue weighted by Gasteiger charge is 2.18. The molecule has 0 aromatic carbocycles. The average Bonchev–Trinajstić information content (AvgIpc) is 2.59. The summed E-state index contributed by atoms with van der Waals surface area (Å²) < 4.78 is 0. The number of hydrogen-bond donors (Lipinski definition) is 2. The second-order valence-corrected chi connectivity index (χ2v) is 6.64. The third kappa shape index (κ3) is 7.88. The highest BCUT2D eigenvalue weighted by atomic mass is 127.